The zero-order valence-corrected chi connectivity index (χ0v) is 13.4. The van der Waals surface area contributed by atoms with E-state index in [4.69, 9.17) is 4.74 Å². The van der Waals surface area contributed by atoms with Crippen LogP contribution in [0.4, 0.5) is 5.82 Å². The van der Waals surface area contributed by atoms with Crippen LogP contribution in [0.5, 0.6) is 0 Å². The molecule has 1 aromatic rings. The van der Waals surface area contributed by atoms with Crippen molar-refractivity contribution in [2.75, 3.05) is 24.5 Å². The summed E-state index contributed by atoms with van der Waals surface area (Å²) < 4.78 is 7.85. The minimum absolute atomic E-state index is 0.269. The lowest BCUT2D eigenvalue weighted by Crippen LogP contribution is -2.46. The number of ether oxygens (including phenoxy) is 1. The minimum atomic E-state index is 0.269. The van der Waals surface area contributed by atoms with Gasteiger partial charge in [0.25, 0.3) is 0 Å². The molecule has 0 radical (unpaired) electrons. The standard InChI is InChI=1S/C15H28N4O/c1-6-7-16-8-14-13(4)17-18(5)15(14)19-9-11(2)20-12(3)10-19/h11-12,16H,6-10H2,1-5H3/t11-,12+. The first kappa shape index (κ1) is 15.3. The molecule has 2 heterocycles. The molecule has 5 heteroatoms. The molecule has 0 bridgehead atoms. The number of hydrogen-bond donors (Lipinski definition) is 1. The Bertz CT molecular complexity index is 433. The number of rotatable bonds is 5. The second-order valence-electron chi connectivity index (χ2n) is 5.85. The SMILES string of the molecule is CCCNCc1c(C)nn(C)c1N1C[C@@H](C)O[C@@H](C)C1. The quantitative estimate of drug-likeness (QED) is 0.836. The van der Waals surface area contributed by atoms with Crippen LogP contribution in [0.1, 0.15) is 38.4 Å². The molecule has 0 amide bonds. The van der Waals surface area contributed by atoms with Crippen LogP contribution < -0.4 is 10.2 Å². The molecule has 2 rings (SSSR count). The van der Waals surface area contributed by atoms with Gasteiger partial charge in [-0.3, -0.25) is 4.68 Å². The summed E-state index contributed by atoms with van der Waals surface area (Å²) in [5.74, 6) is 1.24. The average molecular weight is 280 g/mol. The van der Waals surface area contributed by atoms with E-state index in [-0.39, 0.29) is 12.2 Å². The van der Waals surface area contributed by atoms with Gasteiger partial charge in [0, 0.05) is 32.2 Å². The van der Waals surface area contributed by atoms with Crippen molar-refractivity contribution in [3.8, 4) is 0 Å². The van der Waals surface area contributed by atoms with Gasteiger partial charge in [0.1, 0.15) is 5.82 Å². The fourth-order valence-corrected chi connectivity index (χ4v) is 3.03. The highest BCUT2D eigenvalue weighted by Gasteiger charge is 2.27. The second kappa shape index (κ2) is 6.59. The van der Waals surface area contributed by atoms with Crippen molar-refractivity contribution < 1.29 is 4.74 Å². The highest BCUT2D eigenvalue weighted by atomic mass is 16.5. The summed E-state index contributed by atoms with van der Waals surface area (Å²) in [5.41, 5.74) is 2.44. The molecule has 5 nitrogen and oxygen atoms in total. The topological polar surface area (TPSA) is 42.3 Å². The first-order valence-corrected chi connectivity index (χ1v) is 7.66. The van der Waals surface area contributed by atoms with Crippen LogP contribution in [0.3, 0.4) is 0 Å². The summed E-state index contributed by atoms with van der Waals surface area (Å²) in [6.07, 6.45) is 1.69. The van der Waals surface area contributed by atoms with Gasteiger partial charge in [-0.2, -0.15) is 5.10 Å². The van der Waals surface area contributed by atoms with E-state index in [0.717, 1.165) is 38.3 Å². The van der Waals surface area contributed by atoms with Gasteiger partial charge in [-0.15, -0.1) is 0 Å². The Morgan fingerprint density at radius 2 is 1.95 bits per heavy atom. The zero-order valence-electron chi connectivity index (χ0n) is 13.4. The minimum Gasteiger partial charge on any atom is -0.372 e. The Labute approximate surface area is 122 Å². The summed E-state index contributed by atoms with van der Waals surface area (Å²) in [5, 5.41) is 8.11. The van der Waals surface area contributed by atoms with Crippen LogP contribution in [0, 0.1) is 6.92 Å². The lowest BCUT2D eigenvalue weighted by molar-refractivity contribution is -0.00569. The Kier molecular flexibility index (Phi) is 5.05. The van der Waals surface area contributed by atoms with Crippen LogP contribution in [0.25, 0.3) is 0 Å². The predicted molar refractivity (Wildman–Crippen MR) is 82.2 cm³/mol. The average Bonchev–Trinajstić information content (AvgIpc) is 2.63. The molecule has 0 spiro atoms. The van der Waals surface area contributed by atoms with Gasteiger partial charge in [-0.05, 0) is 33.7 Å². The van der Waals surface area contributed by atoms with Gasteiger partial charge in [0.15, 0.2) is 0 Å². The number of aryl methyl sites for hydroxylation is 2. The largest absolute Gasteiger partial charge is 0.372 e. The number of morpholine rings is 1. The van der Waals surface area contributed by atoms with Gasteiger partial charge >= 0.3 is 0 Å². The Morgan fingerprint density at radius 1 is 1.30 bits per heavy atom. The van der Waals surface area contributed by atoms with Gasteiger partial charge in [-0.1, -0.05) is 6.92 Å². The molecule has 20 heavy (non-hydrogen) atoms. The lowest BCUT2D eigenvalue weighted by Gasteiger charge is -2.37. The molecule has 1 aliphatic rings. The second-order valence-corrected chi connectivity index (χ2v) is 5.85. The maximum atomic E-state index is 5.84. The maximum Gasteiger partial charge on any atom is 0.131 e. The van der Waals surface area contributed by atoms with Gasteiger partial charge < -0.3 is 15.0 Å². The molecule has 1 fully saturated rings. The summed E-state index contributed by atoms with van der Waals surface area (Å²) in [4.78, 5) is 2.42. The number of hydrogen-bond acceptors (Lipinski definition) is 4. The van der Waals surface area contributed by atoms with Crippen LogP contribution in [0.2, 0.25) is 0 Å². The molecular formula is C15H28N4O. The molecule has 0 saturated carbocycles. The van der Waals surface area contributed by atoms with Crippen molar-refractivity contribution in [3.05, 3.63) is 11.3 Å². The summed E-state index contributed by atoms with van der Waals surface area (Å²) in [6, 6.07) is 0. The lowest BCUT2D eigenvalue weighted by atomic mass is 10.1. The van der Waals surface area contributed by atoms with Crippen molar-refractivity contribution in [3.63, 3.8) is 0 Å². The zero-order chi connectivity index (χ0) is 14.7. The van der Waals surface area contributed by atoms with Crippen LogP contribution in [-0.4, -0.2) is 41.6 Å². The third-order valence-corrected chi connectivity index (χ3v) is 3.76. The molecule has 114 valence electrons. The van der Waals surface area contributed by atoms with E-state index in [1.54, 1.807) is 0 Å². The van der Waals surface area contributed by atoms with Crippen molar-refractivity contribution in [1.29, 1.82) is 0 Å². The number of nitrogens with zero attached hydrogens (tertiary/aromatic N) is 3. The highest BCUT2D eigenvalue weighted by Crippen LogP contribution is 2.26. The third-order valence-electron chi connectivity index (χ3n) is 3.76. The highest BCUT2D eigenvalue weighted by molar-refractivity contribution is 5.50. The third kappa shape index (κ3) is 3.33. The van der Waals surface area contributed by atoms with Crippen molar-refractivity contribution >= 4 is 5.82 Å². The molecular weight excluding hydrogens is 252 g/mol. The molecule has 1 aromatic heterocycles. The van der Waals surface area contributed by atoms with Crippen LogP contribution >= 0.6 is 0 Å². The van der Waals surface area contributed by atoms with Gasteiger partial charge in [-0.25, -0.2) is 0 Å². The fourth-order valence-electron chi connectivity index (χ4n) is 3.03. The molecule has 1 saturated heterocycles. The van der Waals surface area contributed by atoms with E-state index in [1.807, 2.05) is 11.7 Å². The van der Waals surface area contributed by atoms with E-state index < -0.39 is 0 Å². The monoisotopic (exact) mass is 280 g/mol. The van der Waals surface area contributed by atoms with E-state index in [2.05, 4.69) is 43.0 Å². The normalized spacial score (nSPS) is 23.4. The van der Waals surface area contributed by atoms with Crippen LogP contribution in [-0.2, 0) is 18.3 Å². The predicted octanol–water partition coefficient (Wildman–Crippen LogP) is 1.84. The molecule has 1 aliphatic heterocycles. The van der Waals surface area contributed by atoms with Gasteiger partial charge in [0.2, 0.25) is 0 Å². The van der Waals surface area contributed by atoms with Crippen molar-refractivity contribution in [1.82, 2.24) is 15.1 Å². The number of anilines is 1. The number of aromatic nitrogens is 2. The Balaban J connectivity index is 2.20. The molecule has 1 N–H and O–H groups in total. The number of nitrogens with one attached hydrogen (secondary N) is 1. The summed E-state index contributed by atoms with van der Waals surface area (Å²) in [7, 11) is 2.04. The van der Waals surface area contributed by atoms with Gasteiger partial charge in [0.05, 0.1) is 17.9 Å². The molecule has 0 unspecified atom stereocenters. The van der Waals surface area contributed by atoms with E-state index in [0.29, 0.717) is 0 Å². The smallest absolute Gasteiger partial charge is 0.131 e. The first-order chi connectivity index (χ1) is 9.52. The Morgan fingerprint density at radius 3 is 2.55 bits per heavy atom. The maximum absolute atomic E-state index is 5.84. The summed E-state index contributed by atoms with van der Waals surface area (Å²) >= 11 is 0. The van der Waals surface area contributed by atoms with E-state index >= 15 is 0 Å². The summed E-state index contributed by atoms with van der Waals surface area (Å²) in [6.45, 7) is 12.4. The molecule has 2 atom stereocenters. The van der Waals surface area contributed by atoms with E-state index in [1.165, 1.54) is 11.4 Å². The molecule has 0 aromatic carbocycles. The van der Waals surface area contributed by atoms with E-state index in [9.17, 15) is 0 Å². The fraction of sp³-hybridized carbons (Fsp3) is 0.800. The molecule has 0 aliphatic carbocycles. The first-order valence-electron chi connectivity index (χ1n) is 7.66. The van der Waals surface area contributed by atoms with Crippen LogP contribution in [0.15, 0.2) is 0 Å². The van der Waals surface area contributed by atoms with Crippen molar-refractivity contribution in [2.45, 2.75) is 52.9 Å². The Hall–Kier alpha value is -1.07. The van der Waals surface area contributed by atoms with Crippen molar-refractivity contribution in [2.24, 2.45) is 7.05 Å².